The maximum absolute atomic E-state index is 12.7. The van der Waals surface area contributed by atoms with E-state index in [-0.39, 0.29) is 22.3 Å². The van der Waals surface area contributed by atoms with Gasteiger partial charge < -0.3 is 4.90 Å². The van der Waals surface area contributed by atoms with Gasteiger partial charge in [0.1, 0.15) is 0 Å². The van der Waals surface area contributed by atoms with Crippen molar-refractivity contribution in [1.82, 2.24) is 4.31 Å². The second-order valence-electron chi connectivity index (χ2n) is 6.57. The van der Waals surface area contributed by atoms with E-state index in [0.717, 1.165) is 17.1 Å². The Kier molecular flexibility index (Phi) is 4.91. The van der Waals surface area contributed by atoms with Crippen LogP contribution in [0, 0.1) is 0 Å². The number of benzene rings is 1. The van der Waals surface area contributed by atoms with E-state index in [0.29, 0.717) is 25.1 Å². The number of nitrogens with zero attached hydrogens (tertiary/aromatic N) is 2. The molecule has 0 saturated carbocycles. The summed E-state index contributed by atoms with van der Waals surface area (Å²) in [5.41, 5.74) is 0.690. The van der Waals surface area contributed by atoms with Crippen molar-refractivity contribution in [2.75, 3.05) is 30.0 Å². The third-order valence-electron chi connectivity index (χ3n) is 4.87. The van der Waals surface area contributed by atoms with Gasteiger partial charge >= 0.3 is 0 Å². The quantitative estimate of drug-likeness (QED) is 0.770. The average Bonchev–Trinajstić information content (AvgIpc) is 2.94. The fourth-order valence-electron chi connectivity index (χ4n) is 3.30. The van der Waals surface area contributed by atoms with Crippen molar-refractivity contribution in [3.05, 3.63) is 24.3 Å². The van der Waals surface area contributed by atoms with E-state index in [9.17, 15) is 21.6 Å². The first-order valence-corrected chi connectivity index (χ1v) is 11.6. The first-order chi connectivity index (χ1) is 11.7. The molecule has 0 radical (unpaired) electrons. The van der Waals surface area contributed by atoms with Gasteiger partial charge in [-0.25, -0.2) is 16.8 Å². The van der Waals surface area contributed by atoms with Crippen LogP contribution in [0.4, 0.5) is 5.69 Å². The molecule has 7 nitrogen and oxygen atoms in total. The summed E-state index contributed by atoms with van der Waals surface area (Å²) in [5.74, 6) is -0.0634. The molecule has 0 bridgehead atoms. The van der Waals surface area contributed by atoms with Crippen molar-refractivity contribution < 1.29 is 21.6 Å². The first-order valence-electron chi connectivity index (χ1n) is 8.30. The maximum Gasteiger partial charge on any atom is 0.243 e. The molecule has 1 atom stereocenters. The Morgan fingerprint density at radius 1 is 1.16 bits per heavy atom. The number of hydrogen-bond acceptors (Lipinski definition) is 5. The molecule has 0 N–H and O–H groups in total. The molecular formula is C16H22N2O5S2. The lowest BCUT2D eigenvalue weighted by Gasteiger charge is -2.27. The Bertz CT molecular complexity index is 862. The molecule has 2 heterocycles. The van der Waals surface area contributed by atoms with Crippen molar-refractivity contribution >= 4 is 31.5 Å². The standard InChI is InChI=1S/C16H22N2O5S2/c1-17(14-9-11-24(20,21)12-14)25(22,23)15-7-5-13(6-8-15)18-10-3-2-4-16(18)19/h5-8,14H,2-4,9-12H2,1H3/t14-/m0/s1. The Morgan fingerprint density at radius 2 is 1.84 bits per heavy atom. The molecule has 2 aliphatic rings. The van der Waals surface area contributed by atoms with Gasteiger partial charge in [-0.05, 0) is 43.5 Å². The lowest BCUT2D eigenvalue weighted by Crippen LogP contribution is -2.38. The van der Waals surface area contributed by atoms with Crippen molar-refractivity contribution in [2.45, 2.75) is 36.6 Å². The second kappa shape index (κ2) is 6.69. The van der Waals surface area contributed by atoms with E-state index in [2.05, 4.69) is 0 Å². The summed E-state index contributed by atoms with van der Waals surface area (Å²) in [4.78, 5) is 13.7. The highest BCUT2D eigenvalue weighted by Gasteiger charge is 2.36. The number of carbonyl (C=O) groups excluding carboxylic acids is 1. The van der Waals surface area contributed by atoms with E-state index in [4.69, 9.17) is 0 Å². The third kappa shape index (κ3) is 3.73. The Morgan fingerprint density at radius 3 is 2.40 bits per heavy atom. The van der Waals surface area contributed by atoms with Gasteiger partial charge in [0.2, 0.25) is 15.9 Å². The number of sulfonamides is 1. The molecule has 9 heteroatoms. The SMILES string of the molecule is CN([C@H]1CCS(=O)(=O)C1)S(=O)(=O)c1ccc(N2CCCCC2=O)cc1. The van der Waals surface area contributed by atoms with Crippen LogP contribution in [0.2, 0.25) is 0 Å². The van der Waals surface area contributed by atoms with Gasteiger partial charge in [-0.2, -0.15) is 4.31 Å². The lowest BCUT2D eigenvalue weighted by molar-refractivity contribution is -0.119. The summed E-state index contributed by atoms with van der Waals surface area (Å²) in [7, 11) is -5.51. The topological polar surface area (TPSA) is 91.8 Å². The fourth-order valence-corrected chi connectivity index (χ4v) is 6.56. The summed E-state index contributed by atoms with van der Waals surface area (Å²) < 4.78 is 49.8. The minimum absolute atomic E-state index is 0.0214. The number of hydrogen-bond donors (Lipinski definition) is 0. The van der Waals surface area contributed by atoms with Gasteiger partial charge in [0.15, 0.2) is 9.84 Å². The Hall–Kier alpha value is -1.45. The molecular weight excluding hydrogens is 364 g/mol. The summed E-state index contributed by atoms with van der Waals surface area (Å²) in [6.07, 6.45) is 2.65. The highest BCUT2D eigenvalue weighted by atomic mass is 32.2. The Labute approximate surface area is 148 Å². The van der Waals surface area contributed by atoms with E-state index < -0.39 is 25.9 Å². The number of piperidine rings is 1. The first kappa shape index (κ1) is 18.3. The van der Waals surface area contributed by atoms with Gasteiger partial charge in [0.25, 0.3) is 0 Å². The zero-order valence-electron chi connectivity index (χ0n) is 14.1. The molecule has 1 aromatic rings. The van der Waals surface area contributed by atoms with Gasteiger partial charge in [0.05, 0.1) is 16.4 Å². The van der Waals surface area contributed by atoms with Gasteiger partial charge in [-0.15, -0.1) is 0 Å². The number of rotatable bonds is 4. The predicted molar refractivity (Wildman–Crippen MR) is 94.7 cm³/mol. The average molecular weight is 386 g/mol. The maximum atomic E-state index is 12.7. The number of amides is 1. The Balaban J connectivity index is 1.80. The minimum atomic E-state index is -3.77. The molecule has 2 fully saturated rings. The zero-order chi connectivity index (χ0) is 18.2. The molecule has 0 aliphatic carbocycles. The van der Waals surface area contributed by atoms with Gasteiger partial charge in [0, 0.05) is 31.7 Å². The third-order valence-corrected chi connectivity index (χ3v) is 8.55. The molecule has 2 saturated heterocycles. The lowest BCUT2D eigenvalue weighted by atomic mass is 10.1. The van der Waals surface area contributed by atoms with Crippen LogP contribution in [0.5, 0.6) is 0 Å². The van der Waals surface area contributed by atoms with Crippen LogP contribution in [0.1, 0.15) is 25.7 Å². The molecule has 2 aliphatic heterocycles. The zero-order valence-corrected chi connectivity index (χ0v) is 15.7. The van der Waals surface area contributed by atoms with Crippen molar-refractivity contribution in [3.8, 4) is 0 Å². The van der Waals surface area contributed by atoms with Gasteiger partial charge in [-0.1, -0.05) is 0 Å². The second-order valence-corrected chi connectivity index (χ2v) is 10.8. The summed E-state index contributed by atoms with van der Waals surface area (Å²) in [5, 5.41) is 0. The molecule has 3 rings (SSSR count). The van der Waals surface area contributed by atoms with E-state index >= 15 is 0 Å². The highest BCUT2D eigenvalue weighted by molar-refractivity contribution is 7.92. The van der Waals surface area contributed by atoms with Crippen molar-refractivity contribution in [3.63, 3.8) is 0 Å². The molecule has 0 spiro atoms. The predicted octanol–water partition coefficient (Wildman–Crippen LogP) is 1.01. The normalized spacial score (nSPS) is 24.0. The summed E-state index contributed by atoms with van der Waals surface area (Å²) in [6.45, 7) is 0.644. The number of carbonyl (C=O) groups is 1. The van der Waals surface area contributed by atoms with E-state index in [1.54, 1.807) is 17.0 Å². The molecule has 138 valence electrons. The monoisotopic (exact) mass is 386 g/mol. The largest absolute Gasteiger partial charge is 0.312 e. The number of anilines is 1. The minimum Gasteiger partial charge on any atom is -0.312 e. The van der Waals surface area contributed by atoms with Crippen molar-refractivity contribution in [1.29, 1.82) is 0 Å². The summed E-state index contributed by atoms with van der Waals surface area (Å²) >= 11 is 0. The van der Waals surface area contributed by atoms with Crippen LogP contribution < -0.4 is 4.90 Å². The van der Waals surface area contributed by atoms with Crippen molar-refractivity contribution in [2.24, 2.45) is 0 Å². The van der Waals surface area contributed by atoms with Crippen LogP contribution in [0.15, 0.2) is 29.2 Å². The van der Waals surface area contributed by atoms with E-state index in [1.165, 1.54) is 19.2 Å². The fraction of sp³-hybridized carbons (Fsp3) is 0.562. The highest BCUT2D eigenvalue weighted by Crippen LogP contribution is 2.26. The molecule has 1 amide bonds. The smallest absolute Gasteiger partial charge is 0.243 e. The van der Waals surface area contributed by atoms with Crippen LogP contribution >= 0.6 is 0 Å². The van der Waals surface area contributed by atoms with Crippen LogP contribution in [-0.4, -0.2) is 58.2 Å². The molecule has 0 unspecified atom stereocenters. The van der Waals surface area contributed by atoms with Gasteiger partial charge in [-0.3, -0.25) is 4.79 Å². The molecule has 0 aromatic heterocycles. The summed E-state index contributed by atoms with van der Waals surface area (Å²) in [6, 6.07) is 5.70. The van der Waals surface area contributed by atoms with Crippen LogP contribution in [0.3, 0.4) is 0 Å². The van der Waals surface area contributed by atoms with E-state index in [1.807, 2.05) is 0 Å². The van der Waals surface area contributed by atoms with Crippen LogP contribution in [0.25, 0.3) is 0 Å². The van der Waals surface area contributed by atoms with Crippen LogP contribution in [-0.2, 0) is 24.7 Å². The number of sulfone groups is 1. The molecule has 25 heavy (non-hydrogen) atoms. The molecule has 1 aromatic carbocycles.